The van der Waals surface area contributed by atoms with Gasteiger partial charge in [0.2, 0.25) is 11.8 Å². The predicted octanol–water partition coefficient (Wildman–Crippen LogP) is 0.473. The van der Waals surface area contributed by atoms with Gasteiger partial charge in [-0.15, -0.1) is 6.58 Å². The zero-order chi connectivity index (χ0) is 19.6. The molecule has 2 amide bonds. The van der Waals surface area contributed by atoms with Gasteiger partial charge in [-0.25, -0.2) is 4.39 Å². The Morgan fingerprint density at radius 1 is 1.37 bits per heavy atom. The molecule has 8 heteroatoms. The molecule has 27 heavy (non-hydrogen) atoms. The zero-order valence-electron chi connectivity index (χ0n) is 14.9. The summed E-state index contributed by atoms with van der Waals surface area (Å²) in [7, 11) is 0. The Hall–Kier alpha value is -2.74. The van der Waals surface area contributed by atoms with Crippen molar-refractivity contribution < 1.29 is 23.9 Å². The number of rotatable bonds is 7. The fourth-order valence-corrected chi connectivity index (χ4v) is 3.93. The fourth-order valence-electron chi connectivity index (χ4n) is 3.93. The summed E-state index contributed by atoms with van der Waals surface area (Å²) < 4.78 is 13.6. The van der Waals surface area contributed by atoms with Gasteiger partial charge in [-0.05, 0) is 6.07 Å². The smallest absolute Gasteiger partial charge is 0.313 e. The van der Waals surface area contributed by atoms with Crippen molar-refractivity contribution in [1.29, 1.82) is 0 Å². The number of nitrogens with one attached hydrogen (secondary N) is 1. The number of benzene rings is 1. The van der Waals surface area contributed by atoms with E-state index in [9.17, 15) is 23.9 Å². The number of nitrogens with zero attached hydrogens (tertiary/aromatic N) is 2. The molecule has 2 saturated heterocycles. The fraction of sp³-hybridized carbons (Fsp3) is 0.421. The maximum absolute atomic E-state index is 13.6. The normalized spacial score (nSPS) is 24.7. The first kappa shape index (κ1) is 19.0. The van der Waals surface area contributed by atoms with Crippen molar-refractivity contribution in [3.63, 3.8) is 0 Å². The maximum atomic E-state index is 13.6. The second-order valence-electron chi connectivity index (χ2n) is 7.06. The minimum atomic E-state index is -1.20. The van der Waals surface area contributed by atoms with E-state index in [1.807, 2.05) is 0 Å². The average Bonchev–Trinajstić information content (AvgIpc) is 3.10. The average molecular weight is 375 g/mol. The van der Waals surface area contributed by atoms with Crippen LogP contribution >= 0.6 is 0 Å². The number of amides is 2. The second-order valence-corrected chi connectivity index (χ2v) is 7.06. The lowest BCUT2D eigenvalue weighted by molar-refractivity contribution is -0.149. The van der Waals surface area contributed by atoms with Gasteiger partial charge in [0.25, 0.3) is 0 Å². The van der Waals surface area contributed by atoms with Gasteiger partial charge in [0.1, 0.15) is 11.2 Å². The molecule has 2 fully saturated rings. The van der Waals surface area contributed by atoms with Crippen molar-refractivity contribution in [2.45, 2.75) is 6.54 Å². The highest BCUT2D eigenvalue weighted by Gasteiger charge is 2.61. The molecule has 0 radical (unpaired) electrons. The van der Waals surface area contributed by atoms with E-state index in [0.717, 1.165) is 0 Å². The van der Waals surface area contributed by atoms with E-state index < -0.39 is 23.1 Å². The standard InChI is InChI=1S/C19H22FN3O4/c1-2-7-23-12-19(18(26)27)11-22(9-14(19)17(23)25)10-16(24)21-8-13-5-3-4-6-15(13)20/h2-6,14H,1,7-12H2,(H,21,24)(H,26,27)/t14-,19-/m0/s1. The predicted molar refractivity (Wildman–Crippen MR) is 95.0 cm³/mol. The topological polar surface area (TPSA) is 90.0 Å². The molecule has 0 unspecified atom stereocenters. The Morgan fingerprint density at radius 2 is 2.11 bits per heavy atom. The number of fused-ring (bicyclic) bond motifs is 1. The van der Waals surface area contributed by atoms with Gasteiger partial charge in [0.05, 0.1) is 12.5 Å². The van der Waals surface area contributed by atoms with E-state index in [-0.39, 0.29) is 44.5 Å². The first-order valence-corrected chi connectivity index (χ1v) is 8.73. The number of carbonyl (C=O) groups excluding carboxylic acids is 2. The molecule has 0 aromatic heterocycles. The molecule has 2 aliphatic rings. The van der Waals surface area contributed by atoms with Crippen LogP contribution in [0.1, 0.15) is 5.56 Å². The van der Waals surface area contributed by atoms with Gasteiger partial charge in [0.15, 0.2) is 0 Å². The summed E-state index contributed by atoms with van der Waals surface area (Å²) >= 11 is 0. The van der Waals surface area contributed by atoms with Gasteiger partial charge in [-0.3, -0.25) is 19.3 Å². The molecule has 1 aromatic carbocycles. The Labute approximate surface area is 156 Å². The van der Waals surface area contributed by atoms with Gasteiger partial charge in [-0.2, -0.15) is 0 Å². The van der Waals surface area contributed by atoms with E-state index in [2.05, 4.69) is 11.9 Å². The minimum absolute atomic E-state index is 0.0330. The van der Waals surface area contributed by atoms with E-state index in [1.165, 1.54) is 11.0 Å². The van der Waals surface area contributed by atoms with Crippen molar-refractivity contribution in [1.82, 2.24) is 15.1 Å². The van der Waals surface area contributed by atoms with Crippen LogP contribution in [0.3, 0.4) is 0 Å². The van der Waals surface area contributed by atoms with Crippen molar-refractivity contribution in [3.8, 4) is 0 Å². The van der Waals surface area contributed by atoms with E-state index in [4.69, 9.17) is 0 Å². The SMILES string of the molecule is C=CCN1C[C@@]2(C(=O)O)CN(CC(=O)NCc3ccccc3F)C[C@H]2C1=O. The summed E-state index contributed by atoms with van der Waals surface area (Å²) in [6.07, 6.45) is 1.57. The van der Waals surface area contributed by atoms with E-state index in [1.54, 1.807) is 29.2 Å². The molecule has 2 N–H and O–H groups in total. The highest BCUT2D eigenvalue weighted by molar-refractivity contribution is 5.92. The molecule has 7 nitrogen and oxygen atoms in total. The van der Waals surface area contributed by atoms with Gasteiger partial charge < -0.3 is 15.3 Å². The number of hydrogen-bond acceptors (Lipinski definition) is 4. The first-order valence-electron chi connectivity index (χ1n) is 8.73. The summed E-state index contributed by atoms with van der Waals surface area (Å²) in [4.78, 5) is 39.8. The molecule has 144 valence electrons. The third-order valence-electron chi connectivity index (χ3n) is 5.27. The molecule has 0 aliphatic carbocycles. The number of hydrogen-bond donors (Lipinski definition) is 2. The quantitative estimate of drug-likeness (QED) is 0.677. The lowest BCUT2D eigenvalue weighted by Gasteiger charge is -2.24. The Morgan fingerprint density at radius 3 is 2.74 bits per heavy atom. The Balaban J connectivity index is 1.61. The molecule has 2 heterocycles. The van der Waals surface area contributed by atoms with Gasteiger partial charge in [0, 0.05) is 38.3 Å². The van der Waals surface area contributed by atoms with Crippen LogP contribution in [0.25, 0.3) is 0 Å². The maximum Gasteiger partial charge on any atom is 0.313 e. The number of likely N-dealkylation sites (tertiary alicyclic amines) is 2. The van der Waals surface area contributed by atoms with Crippen LogP contribution < -0.4 is 5.32 Å². The van der Waals surface area contributed by atoms with E-state index >= 15 is 0 Å². The number of carbonyl (C=O) groups is 3. The lowest BCUT2D eigenvalue weighted by atomic mass is 9.81. The first-order chi connectivity index (χ1) is 12.9. The third kappa shape index (κ3) is 3.57. The third-order valence-corrected chi connectivity index (χ3v) is 5.27. The zero-order valence-corrected chi connectivity index (χ0v) is 14.9. The van der Waals surface area contributed by atoms with Crippen molar-refractivity contribution in [2.75, 3.05) is 32.7 Å². The summed E-state index contributed by atoms with van der Waals surface area (Å²) in [6, 6.07) is 6.16. The van der Waals surface area contributed by atoms with Crippen LogP contribution in [-0.2, 0) is 20.9 Å². The van der Waals surface area contributed by atoms with Crippen molar-refractivity contribution >= 4 is 17.8 Å². The number of carboxylic acid groups (broad SMARTS) is 1. The van der Waals surface area contributed by atoms with Crippen LogP contribution in [0.15, 0.2) is 36.9 Å². The summed E-state index contributed by atoms with van der Waals surface area (Å²) in [6.45, 7) is 4.38. The van der Waals surface area contributed by atoms with Crippen molar-refractivity contribution in [3.05, 3.63) is 48.3 Å². The molecule has 2 atom stereocenters. The molecular weight excluding hydrogens is 353 g/mol. The molecule has 3 rings (SSSR count). The molecular formula is C19H22FN3O4. The lowest BCUT2D eigenvalue weighted by Crippen LogP contribution is -2.43. The monoisotopic (exact) mass is 375 g/mol. The Bertz CT molecular complexity index is 784. The van der Waals surface area contributed by atoms with E-state index in [0.29, 0.717) is 12.1 Å². The molecule has 2 aliphatic heterocycles. The highest BCUT2D eigenvalue weighted by Crippen LogP contribution is 2.43. The number of aliphatic carboxylic acids is 1. The van der Waals surface area contributed by atoms with Crippen LogP contribution in [0.4, 0.5) is 4.39 Å². The Kier molecular flexibility index (Phi) is 5.27. The largest absolute Gasteiger partial charge is 0.481 e. The van der Waals surface area contributed by atoms with Crippen LogP contribution in [0.5, 0.6) is 0 Å². The summed E-state index contributed by atoms with van der Waals surface area (Å²) in [5, 5.41) is 12.4. The minimum Gasteiger partial charge on any atom is -0.481 e. The number of halogens is 1. The molecule has 0 saturated carbocycles. The second kappa shape index (κ2) is 7.48. The van der Waals surface area contributed by atoms with Crippen molar-refractivity contribution in [2.24, 2.45) is 11.3 Å². The number of carboxylic acids is 1. The molecule has 1 aromatic rings. The molecule has 0 spiro atoms. The molecule has 0 bridgehead atoms. The summed E-state index contributed by atoms with van der Waals surface area (Å²) in [5.41, 5.74) is -0.826. The van der Waals surface area contributed by atoms with Crippen LogP contribution in [0.2, 0.25) is 0 Å². The van der Waals surface area contributed by atoms with Gasteiger partial charge in [-0.1, -0.05) is 24.3 Å². The van der Waals surface area contributed by atoms with Gasteiger partial charge >= 0.3 is 5.97 Å². The van der Waals surface area contributed by atoms with Crippen LogP contribution in [0, 0.1) is 17.2 Å². The summed E-state index contributed by atoms with van der Waals surface area (Å²) in [5.74, 6) is -2.65. The van der Waals surface area contributed by atoms with Crippen LogP contribution in [-0.4, -0.2) is 65.4 Å². The highest BCUT2D eigenvalue weighted by atomic mass is 19.1.